The van der Waals surface area contributed by atoms with E-state index in [2.05, 4.69) is 10.1 Å². The Kier molecular flexibility index (Phi) is 4.47. The monoisotopic (exact) mass is 295 g/mol. The Morgan fingerprint density at radius 1 is 1.05 bits per heavy atom. The molecule has 0 unspecified atom stereocenters. The number of halogens is 3. The molecule has 110 valence electrons. The lowest BCUT2D eigenvalue weighted by Gasteiger charge is -2.11. The molecule has 0 saturated heterocycles. The van der Waals surface area contributed by atoms with E-state index in [1.807, 2.05) is 0 Å². The number of hydrogen-bond acceptors (Lipinski definition) is 3. The topological polar surface area (TPSA) is 38.3 Å². The van der Waals surface area contributed by atoms with Gasteiger partial charge in [0.05, 0.1) is 18.4 Å². The fourth-order valence-electron chi connectivity index (χ4n) is 1.86. The van der Waals surface area contributed by atoms with Crippen LogP contribution in [0.3, 0.4) is 0 Å². The van der Waals surface area contributed by atoms with E-state index in [0.717, 1.165) is 30.3 Å². The zero-order valence-corrected chi connectivity index (χ0v) is 11.1. The van der Waals surface area contributed by atoms with Crippen LogP contribution in [0.4, 0.5) is 18.9 Å². The summed E-state index contributed by atoms with van der Waals surface area (Å²) >= 11 is 0. The van der Waals surface area contributed by atoms with Gasteiger partial charge in [0.15, 0.2) is 0 Å². The van der Waals surface area contributed by atoms with Crippen LogP contribution in [0, 0.1) is 17.5 Å². The van der Waals surface area contributed by atoms with Crippen molar-refractivity contribution in [2.45, 2.75) is 6.54 Å². The van der Waals surface area contributed by atoms with Crippen molar-refractivity contribution in [1.82, 2.24) is 0 Å². The average molecular weight is 295 g/mol. The molecule has 0 aromatic heterocycles. The van der Waals surface area contributed by atoms with E-state index >= 15 is 0 Å². The lowest BCUT2D eigenvalue weighted by Crippen LogP contribution is -2.09. The lowest BCUT2D eigenvalue weighted by atomic mass is 10.1. The van der Waals surface area contributed by atoms with Crippen LogP contribution < -0.4 is 5.32 Å². The number of rotatable bonds is 4. The summed E-state index contributed by atoms with van der Waals surface area (Å²) in [5.41, 5.74) is 0.648. The standard InChI is InChI=1S/C15H12F3NO2/c1-21-15(20)13-3-2-10(16)7-14(13)19-8-9-4-11(17)6-12(18)5-9/h2-7,19H,8H2,1H3. The third kappa shape index (κ3) is 3.75. The second kappa shape index (κ2) is 6.30. The van der Waals surface area contributed by atoms with Gasteiger partial charge in [-0.3, -0.25) is 0 Å². The molecular formula is C15H12F3NO2. The highest BCUT2D eigenvalue weighted by Gasteiger charge is 2.12. The maximum absolute atomic E-state index is 13.3. The van der Waals surface area contributed by atoms with Gasteiger partial charge >= 0.3 is 5.97 Å². The first-order chi connectivity index (χ1) is 9.99. The van der Waals surface area contributed by atoms with Gasteiger partial charge in [-0.2, -0.15) is 0 Å². The number of carbonyl (C=O) groups excluding carboxylic acids is 1. The molecule has 0 aliphatic carbocycles. The van der Waals surface area contributed by atoms with Gasteiger partial charge in [0.1, 0.15) is 17.5 Å². The fourth-order valence-corrected chi connectivity index (χ4v) is 1.86. The molecule has 0 heterocycles. The molecule has 0 spiro atoms. The number of benzene rings is 2. The Bertz CT molecular complexity index is 654. The molecule has 0 fully saturated rings. The SMILES string of the molecule is COC(=O)c1ccc(F)cc1NCc1cc(F)cc(F)c1. The van der Waals surface area contributed by atoms with Gasteiger partial charge in [-0.15, -0.1) is 0 Å². The molecule has 2 rings (SSSR count). The zero-order chi connectivity index (χ0) is 15.4. The summed E-state index contributed by atoms with van der Waals surface area (Å²) in [6.45, 7) is 0.0299. The van der Waals surface area contributed by atoms with Gasteiger partial charge in [-0.25, -0.2) is 18.0 Å². The van der Waals surface area contributed by atoms with Crippen LogP contribution in [0.25, 0.3) is 0 Å². The number of ether oxygens (including phenoxy) is 1. The van der Waals surface area contributed by atoms with Crippen LogP contribution in [-0.4, -0.2) is 13.1 Å². The van der Waals surface area contributed by atoms with E-state index in [0.29, 0.717) is 5.56 Å². The third-order valence-corrected chi connectivity index (χ3v) is 2.79. The molecule has 0 saturated carbocycles. The van der Waals surface area contributed by atoms with Gasteiger partial charge < -0.3 is 10.1 Å². The molecular weight excluding hydrogens is 283 g/mol. The van der Waals surface area contributed by atoms with Crippen molar-refractivity contribution in [3.05, 3.63) is 65.0 Å². The Morgan fingerprint density at radius 3 is 2.33 bits per heavy atom. The first kappa shape index (κ1) is 14.9. The summed E-state index contributed by atoms with van der Waals surface area (Å²) in [6.07, 6.45) is 0. The van der Waals surface area contributed by atoms with E-state index in [4.69, 9.17) is 0 Å². The smallest absolute Gasteiger partial charge is 0.339 e. The molecule has 0 aliphatic heterocycles. The van der Waals surface area contributed by atoms with Crippen molar-refractivity contribution in [2.24, 2.45) is 0 Å². The number of methoxy groups -OCH3 is 1. The molecule has 0 amide bonds. The van der Waals surface area contributed by atoms with Gasteiger partial charge in [-0.05, 0) is 35.9 Å². The largest absolute Gasteiger partial charge is 0.465 e. The van der Waals surface area contributed by atoms with Crippen molar-refractivity contribution in [1.29, 1.82) is 0 Å². The normalized spacial score (nSPS) is 10.3. The fraction of sp³-hybridized carbons (Fsp3) is 0.133. The molecule has 2 aromatic rings. The van der Waals surface area contributed by atoms with Crippen LogP contribution in [0.1, 0.15) is 15.9 Å². The molecule has 0 radical (unpaired) electrons. The van der Waals surface area contributed by atoms with E-state index < -0.39 is 23.4 Å². The summed E-state index contributed by atoms with van der Waals surface area (Å²) in [6, 6.07) is 6.56. The maximum atomic E-state index is 13.3. The second-order valence-electron chi connectivity index (χ2n) is 4.31. The van der Waals surface area contributed by atoms with E-state index in [-0.39, 0.29) is 17.8 Å². The number of hydrogen-bond donors (Lipinski definition) is 1. The average Bonchev–Trinajstić information content (AvgIpc) is 2.43. The highest BCUT2D eigenvalue weighted by molar-refractivity contribution is 5.95. The first-order valence-electron chi connectivity index (χ1n) is 6.06. The lowest BCUT2D eigenvalue weighted by molar-refractivity contribution is 0.0601. The molecule has 0 aliphatic rings. The van der Waals surface area contributed by atoms with Crippen molar-refractivity contribution < 1.29 is 22.7 Å². The van der Waals surface area contributed by atoms with Gasteiger partial charge in [0, 0.05) is 12.6 Å². The molecule has 3 nitrogen and oxygen atoms in total. The molecule has 1 N–H and O–H groups in total. The Labute approximate surface area is 119 Å². The molecule has 2 aromatic carbocycles. The molecule has 0 bridgehead atoms. The van der Waals surface area contributed by atoms with Gasteiger partial charge in [0.25, 0.3) is 0 Å². The van der Waals surface area contributed by atoms with Crippen LogP contribution in [0.2, 0.25) is 0 Å². The van der Waals surface area contributed by atoms with Crippen LogP contribution in [0.5, 0.6) is 0 Å². The van der Waals surface area contributed by atoms with E-state index in [1.165, 1.54) is 13.2 Å². The third-order valence-electron chi connectivity index (χ3n) is 2.79. The number of anilines is 1. The molecule has 21 heavy (non-hydrogen) atoms. The van der Waals surface area contributed by atoms with Crippen LogP contribution in [-0.2, 0) is 11.3 Å². The Balaban J connectivity index is 2.22. The summed E-state index contributed by atoms with van der Waals surface area (Å²) in [7, 11) is 1.21. The summed E-state index contributed by atoms with van der Waals surface area (Å²) < 4.78 is 44.0. The minimum Gasteiger partial charge on any atom is -0.465 e. The number of nitrogens with one attached hydrogen (secondary N) is 1. The number of carbonyl (C=O) groups is 1. The zero-order valence-electron chi connectivity index (χ0n) is 11.1. The molecule has 6 heteroatoms. The van der Waals surface area contributed by atoms with Crippen molar-refractivity contribution in [3.8, 4) is 0 Å². The second-order valence-corrected chi connectivity index (χ2v) is 4.31. The molecule has 0 atom stereocenters. The Hall–Kier alpha value is -2.50. The van der Waals surface area contributed by atoms with E-state index in [1.54, 1.807) is 0 Å². The van der Waals surface area contributed by atoms with Crippen molar-refractivity contribution in [2.75, 3.05) is 12.4 Å². The van der Waals surface area contributed by atoms with Crippen molar-refractivity contribution in [3.63, 3.8) is 0 Å². The minimum absolute atomic E-state index is 0.0299. The first-order valence-corrected chi connectivity index (χ1v) is 6.06. The number of esters is 1. The van der Waals surface area contributed by atoms with Crippen molar-refractivity contribution >= 4 is 11.7 Å². The van der Waals surface area contributed by atoms with Crippen LogP contribution >= 0.6 is 0 Å². The minimum atomic E-state index is -0.709. The summed E-state index contributed by atoms with van der Waals surface area (Å²) in [4.78, 5) is 11.6. The van der Waals surface area contributed by atoms with Crippen LogP contribution in [0.15, 0.2) is 36.4 Å². The highest BCUT2D eigenvalue weighted by atomic mass is 19.1. The predicted molar refractivity (Wildman–Crippen MR) is 71.4 cm³/mol. The van der Waals surface area contributed by atoms with Gasteiger partial charge in [-0.1, -0.05) is 0 Å². The summed E-state index contributed by atoms with van der Waals surface area (Å²) in [5, 5.41) is 2.77. The van der Waals surface area contributed by atoms with E-state index in [9.17, 15) is 18.0 Å². The Morgan fingerprint density at radius 2 is 1.71 bits per heavy atom. The maximum Gasteiger partial charge on any atom is 0.339 e. The predicted octanol–water partition coefficient (Wildman–Crippen LogP) is 3.50. The van der Waals surface area contributed by atoms with Gasteiger partial charge in [0.2, 0.25) is 0 Å². The summed E-state index contributed by atoms with van der Waals surface area (Å²) in [5.74, 6) is -2.60. The highest BCUT2D eigenvalue weighted by Crippen LogP contribution is 2.19. The quantitative estimate of drug-likeness (QED) is 0.877.